The first kappa shape index (κ1) is 16.1. The average Bonchev–Trinajstić information content (AvgIpc) is 2.47. The number of halogens is 1. The van der Waals surface area contributed by atoms with Crippen molar-refractivity contribution in [3.8, 4) is 5.75 Å². The van der Waals surface area contributed by atoms with Crippen molar-refractivity contribution in [2.75, 3.05) is 7.05 Å². The van der Waals surface area contributed by atoms with Gasteiger partial charge < -0.3 is 10.1 Å². The zero-order valence-corrected chi connectivity index (χ0v) is 14.5. The van der Waals surface area contributed by atoms with Crippen molar-refractivity contribution >= 4 is 15.9 Å². The molecule has 0 bridgehead atoms. The fourth-order valence-corrected chi connectivity index (χ4v) is 2.97. The topological polar surface area (TPSA) is 21.3 Å². The number of hydrogen-bond donors (Lipinski definition) is 1. The zero-order chi connectivity index (χ0) is 15.2. The van der Waals surface area contributed by atoms with Crippen LogP contribution < -0.4 is 10.1 Å². The van der Waals surface area contributed by atoms with Gasteiger partial charge in [-0.2, -0.15) is 0 Å². The normalized spacial score (nSPS) is 10.7. The molecule has 2 aromatic carbocycles. The van der Waals surface area contributed by atoms with Gasteiger partial charge in [0, 0.05) is 16.6 Å². The maximum absolute atomic E-state index is 6.07. The highest BCUT2D eigenvalue weighted by atomic mass is 79.9. The predicted octanol–water partition coefficient (Wildman–Crippen LogP) is 4.62. The average molecular weight is 348 g/mol. The fraction of sp³-hybridized carbons (Fsp3) is 0.333. The maximum Gasteiger partial charge on any atom is 0.127 e. The van der Waals surface area contributed by atoms with Gasteiger partial charge in [0.15, 0.2) is 0 Å². The second-order valence-corrected chi connectivity index (χ2v) is 6.12. The van der Waals surface area contributed by atoms with Gasteiger partial charge in [0.05, 0.1) is 0 Å². The van der Waals surface area contributed by atoms with E-state index < -0.39 is 0 Å². The molecule has 3 heteroatoms. The molecule has 0 heterocycles. The Morgan fingerprint density at radius 2 is 1.76 bits per heavy atom. The second kappa shape index (κ2) is 7.62. The molecule has 0 aromatic heterocycles. The summed E-state index contributed by atoms with van der Waals surface area (Å²) < 4.78 is 7.16. The van der Waals surface area contributed by atoms with E-state index in [1.807, 2.05) is 7.05 Å². The third kappa shape index (κ3) is 4.32. The van der Waals surface area contributed by atoms with E-state index in [-0.39, 0.29) is 0 Å². The Labute approximate surface area is 135 Å². The lowest BCUT2D eigenvalue weighted by Gasteiger charge is -2.15. The number of nitrogens with one attached hydrogen (secondary N) is 1. The van der Waals surface area contributed by atoms with Crippen LogP contribution in [0.3, 0.4) is 0 Å². The summed E-state index contributed by atoms with van der Waals surface area (Å²) in [6, 6.07) is 12.8. The molecule has 0 aliphatic heterocycles. The molecule has 1 N–H and O–H groups in total. The highest BCUT2D eigenvalue weighted by Gasteiger charge is 2.09. The second-order valence-electron chi connectivity index (χ2n) is 5.20. The van der Waals surface area contributed by atoms with Crippen molar-refractivity contribution in [3.05, 3.63) is 63.1 Å². The minimum atomic E-state index is 0.600. The number of hydrogen-bond acceptors (Lipinski definition) is 2. The minimum absolute atomic E-state index is 0.600. The molecule has 0 spiro atoms. The van der Waals surface area contributed by atoms with Crippen LogP contribution in [0.1, 0.15) is 29.2 Å². The summed E-state index contributed by atoms with van der Waals surface area (Å²) in [5.74, 6) is 0.979. The monoisotopic (exact) mass is 347 g/mol. The summed E-state index contributed by atoms with van der Waals surface area (Å²) >= 11 is 3.55. The molecular formula is C18H22BrNO. The van der Waals surface area contributed by atoms with Gasteiger partial charge in [0.25, 0.3) is 0 Å². The number of aryl methyl sites for hydroxylation is 2. The van der Waals surface area contributed by atoms with Crippen LogP contribution in [-0.4, -0.2) is 7.05 Å². The van der Waals surface area contributed by atoms with Crippen molar-refractivity contribution in [2.24, 2.45) is 0 Å². The van der Waals surface area contributed by atoms with Crippen LogP contribution in [0, 0.1) is 6.92 Å². The van der Waals surface area contributed by atoms with Crippen molar-refractivity contribution in [3.63, 3.8) is 0 Å². The molecule has 2 rings (SSSR count). The van der Waals surface area contributed by atoms with Crippen LogP contribution in [0.4, 0.5) is 0 Å². The molecule has 21 heavy (non-hydrogen) atoms. The van der Waals surface area contributed by atoms with E-state index in [1.54, 1.807) is 0 Å². The zero-order valence-electron chi connectivity index (χ0n) is 12.9. The third-order valence-corrected chi connectivity index (χ3v) is 3.96. The molecule has 2 nitrogen and oxygen atoms in total. The number of rotatable bonds is 6. The van der Waals surface area contributed by atoms with E-state index >= 15 is 0 Å². The molecule has 2 aromatic rings. The van der Waals surface area contributed by atoms with E-state index in [0.29, 0.717) is 6.61 Å². The molecule has 0 fully saturated rings. The Morgan fingerprint density at radius 1 is 1.10 bits per heavy atom. The molecule has 0 saturated carbocycles. The molecular weight excluding hydrogens is 326 g/mol. The Hall–Kier alpha value is -1.32. The van der Waals surface area contributed by atoms with Gasteiger partial charge in [-0.25, -0.2) is 0 Å². The largest absolute Gasteiger partial charge is 0.488 e. The first-order valence-electron chi connectivity index (χ1n) is 7.28. The van der Waals surface area contributed by atoms with Crippen molar-refractivity contribution in [1.82, 2.24) is 5.32 Å². The molecule has 0 radical (unpaired) electrons. The van der Waals surface area contributed by atoms with Crippen molar-refractivity contribution in [2.45, 2.75) is 33.4 Å². The lowest BCUT2D eigenvalue weighted by atomic mass is 10.1. The van der Waals surface area contributed by atoms with Gasteiger partial charge in [0.1, 0.15) is 12.4 Å². The molecule has 0 aliphatic carbocycles. The van der Waals surface area contributed by atoms with Gasteiger partial charge in [-0.3, -0.25) is 0 Å². The first-order valence-corrected chi connectivity index (χ1v) is 8.07. The smallest absolute Gasteiger partial charge is 0.127 e. The van der Waals surface area contributed by atoms with Crippen LogP contribution in [0.2, 0.25) is 0 Å². The molecule has 0 saturated heterocycles. The van der Waals surface area contributed by atoms with Gasteiger partial charge in [-0.05, 0) is 49.2 Å². The van der Waals surface area contributed by atoms with E-state index in [0.717, 1.165) is 28.8 Å². The molecule has 0 atom stereocenters. The van der Waals surface area contributed by atoms with Crippen LogP contribution in [0.5, 0.6) is 5.75 Å². The van der Waals surface area contributed by atoms with Gasteiger partial charge in [-0.1, -0.05) is 47.1 Å². The number of ether oxygens (including phenoxy) is 1. The highest BCUT2D eigenvalue weighted by molar-refractivity contribution is 9.10. The van der Waals surface area contributed by atoms with E-state index in [2.05, 4.69) is 71.5 Å². The SMILES string of the molecule is CCc1ccc(COc2c(C)cc(Br)cc2CNC)cc1. The summed E-state index contributed by atoms with van der Waals surface area (Å²) in [5, 5.41) is 3.19. The van der Waals surface area contributed by atoms with E-state index in [4.69, 9.17) is 4.74 Å². The van der Waals surface area contributed by atoms with Crippen molar-refractivity contribution in [1.29, 1.82) is 0 Å². The van der Waals surface area contributed by atoms with Gasteiger partial charge in [-0.15, -0.1) is 0 Å². The molecule has 0 aliphatic rings. The molecule has 112 valence electrons. The Kier molecular flexibility index (Phi) is 5.83. The third-order valence-electron chi connectivity index (χ3n) is 3.50. The fourth-order valence-electron chi connectivity index (χ4n) is 2.35. The minimum Gasteiger partial charge on any atom is -0.488 e. The van der Waals surface area contributed by atoms with Crippen LogP contribution >= 0.6 is 15.9 Å². The first-order chi connectivity index (χ1) is 10.1. The summed E-state index contributed by atoms with van der Waals surface area (Å²) in [7, 11) is 1.95. The van der Waals surface area contributed by atoms with Crippen molar-refractivity contribution < 1.29 is 4.74 Å². The standard InChI is InChI=1S/C18H22BrNO/c1-4-14-5-7-15(8-6-14)12-21-18-13(2)9-17(19)10-16(18)11-20-3/h5-10,20H,4,11-12H2,1-3H3. The Morgan fingerprint density at radius 3 is 2.38 bits per heavy atom. The summed E-state index contributed by atoms with van der Waals surface area (Å²) in [6.07, 6.45) is 1.07. The summed E-state index contributed by atoms with van der Waals surface area (Å²) in [5.41, 5.74) is 4.88. The lowest BCUT2D eigenvalue weighted by molar-refractivity contribution is 0.300. The predicted molar refractivity (Wildman–Crippen MR) is 91.8 cm³/mol. The van der Waals surface area contributed by atoms with E-state index in [9.17, 15) is 0 Å². The van der Waals surface area contributed by atoms with Gasteiger partial charge in [0.2, 0.25) is 0 Å². The van der Waals surface area contributed by atoms with E-state index in [1.165, 1.54) is 16.7 Å². The molecule has 0 unspecified atom stereocenters. The lowest BCUT2D eigenvalue weighted by Crippen LogP contribution is -2.08. The quantitative estimate of drug-likeness (QED) is 0.823. The van der Waals surface area contributed by atoms with Crippen LogP contribution in [-0.2, 0) is 19.6 Å². The number of benzene rings is 2. The summed E-state index contributed by atoms with van der Waals surface area (Å²) in [4.78, 5) is 0. The Balaban J connectivity index is 2.14. The molecule has 0 amide bonds. The maximum atomic E-state index is 6.07. The highest BCUT2D eigenvalue weighted by Crippen LogP contribution is 2.28. The van der Waals surface area contributed by atoms with Crippen LogP contribution in [0.15, 0.2) is 40.9 Å². The van der Waals surface area contributed by atoms with Crippen LogP contribution in [0.25, 0.3) is 0 Å². The van der Waals surface area contributed by atoms with Gasteiger partial charge >= 0.3 is 0 Å². The summed E-state index contributed by atoms with van der Waals surface area (Å²) in [6.45, 7) is 5.65. The Bertz CT molecular complexity index is 593.